The fourth-order valence-electron chi connectivity index (χ4n) is 2.07. The Bertz CT molecular complexity index is 445. The average molecular weight is 220 g/mol. The molecular weight excluding hydrogens is 204 g/mol. The van der Waals surface area contributed by atoms with Gasteiger partial charge in [-0.1, -0.05) is 12.8 Å². The summed E-state index contributed by atoms with van der Waals surface area (Å²) in [6.45, 7) is 0. The van der Waals surface area contributed by atoms with Gasteiger partial charge >= 0.3 is 0 Å². The highest BCUT2D eigenvalue weighted by Gasteiger charge is 2.17. The molecule has 1 saturated carbocycles. The van der Waals surface area contributed by atoms with Gasteiger partial charge in [-0.3, -0.25) is 9.59 Å². The molecule has 1 heterocycles. The number of carbonyl (C=O) groups excluding carboxylic acids is 1. The lowest BCUT2D eigenvalue weighted by atomic mass is 10.2. The second-order valence-electron chi connectivity index (χ2n) is 4.32. The quantitative estimate of drug-likeness (QED) is 0.810. The molecule has 0 unspecified atom stereocenters. The number of hydrogen-bond acceptors (Lipinski definition) is 2. The van der Waals surface area contributed by atoms with Crippen LogP contribution in [0.25, 0.3) is 0 Å². The SMILES string of the molecule is Cn1cc(C(=O)NC2CCCC2)ccc1=O. The number of rotatable bonds is 2. The molecule has 4 heteroatoms. The van der Waals surface area contributed by atoms with Crippen molar-refractivity contribution in [3.05, 3.63) is 34.2 Å². The summed E-state index contributed by atoms with van der Waals surface area (Å²) < 4.78 is 1.42. The van der Waals surface area contributed by atoms with E-state index >= 15 is 0 Å². The fourth-order valence-corrected chi connectivity index (χ4v) is 2.07. The molecule has 0 aromatic carbocycles. The molecule has 0 saturated heterocycles. The smallest absolute Gasteiger partial charge is 0.252 e. The lowest BCUT2D eigenvalue weighted by molar-refractivity contribution is 0.0937. The van der Waals surface area contributed by atoms with E-state index in [1.165, 1.54) is 23.5 Å². The summed E-state index contributed by atoms with van der Waals surface area (Å²) in [7, 11) is 1.65. The molecule has 1 aromatic rings. The van der Waals surface area contributed by atoms with Crippen molar-refractivity contribution in [1.29, 1.82) is 0 Å². The van der Waals surface area contributed by atoms with Crippen LogP contribution >= 0.6 is 0 Å². The summed E-state index contributed by atoms with van der Waals surface area (Å²) >= 11 is 0. The zero-order valence-electron chi connectivity index (χ0n) is 9.40. The van der Waals surface area contributed by atoms with Gasteiger partial charge in [-0.15, -0.1) is 0 Å². The lowest BCUT2D eigenvalue weighted by Gasteiger charge is -2.12. The molecule has 86 valence electrons. The number of pyridine rings is 1. The topological polar surface area (TPSA) is 51.1 Å². The lowest BCUT2D eigenvalue weighted by Crippen LogP contribution is -2.33. The fraction of sp³-hybridized carbons (Fsp3) is 0.500. The molecule has 16 heavy (non-hydrogen) atoms. The Morgan fingerprint density at radius 3 is 2.69 bits per heavy atom. The van der Waals surface area contributed by atoms with Crippen LogP contribution in [-0.4, -0.2) is 16.5 Å². The standard InChI is InChI=1S/C12H16N2O2/c1-14-8-9(6-7-11(14)15)12(16)13-10-4-2-3-5-10/h6-8,10H,2-5H2,1H3,(H,13,16). The van der Waals surface area contributed by atoms with Crippen LogP contribution in [-0.2, 0) is 7.05 Å². The van der Waals surface area contributed by atoms with E-state index < -0.39 is 0 Å². The zero-order chi connectivity index (χ0) is 11.5. The van der Waals surface area contributed by atoms with E-state index in [2.05, 4.69) is 5.32 Å². The predicted octanol–water partition coefficient (Wildman–Crippen LogP) is 1.06. The summed E-state index contributed by atoms with van der Waals surface area (Å²) in [5, 5.41) is 2.99. The largest absolute Gasteiger partial charge is 0.349 e. The molecule has 0 atom stereocenters. The predicted molar refractivity (Wildman–Crippen MR) is 61.4 cm³/mol. The van der Waals surface area contributed by atoms with Gasteiger partial charge in [-0.2, -0.15) is 0 Å². The van der Waals surface area contributed by atoms with Crippen LogP contribution in [0.5, 0.6) is 0 Å². The van der Waals surface area contributed by atoms with E-state index in [1.807, 2.05) is 0 Å². The van der Waals surface area contributed by atoms with Crippen molar-refractivity contribution in [2.75, 3.05) is 0 Å². The summed E-state index contributed by atoms with van der Waals surface area (Å²) in [6.07, 6.45) is 6.10. The zero-order valence-corrected chi connectivity index (χ0v) is 9.40. The normalized spacial score (nSPS) is 16.3. The molecular formula is C12H16N2O2. The maximum Gasteiger partial charge on any atom is 0.252 e. The highest BCUT2D eigenvalue weighted by Crippen LogP contribution is 2.17. The molecule has 2 rings (SSSR count). The van der Waals surface area contributed by atoms with Gasteiger partial charge in [-0.25, -0.2) is 0 Å². The Balaban J connectivity index is 2.08. The minimum absolute atomic E-state index is 0.0810. The molecule has 1 N–H and O–H groups in total. The van der Waals surface area contributed by atoms with Gasteiger partial charge < -0.3 is 9.88 Å². The van der Waals surface area contributed by atoms with Crippen molar-refractivity contribution in [3.63, 3.8) is 0 Å². The van der Waals surface area contributed by atoms with Crippen LogP contribution in [0.1, 0.15) is 36.0 Å². The van der Waals surface area contributed by atoms with Crippen molar-refractivity contribution in [1.82, 2.24) is 9.88 Å². The molecule has 4 nitrogen and oxygen atoms in total. The molecule has 1 fully saturated rings. The highest BCUT2D eigenvalue weighted by atomic mass is 16.2. The molecule has 1 amide bonds. The van der Waals surface area contributed by atoms with Gasteiger partial charge in [-0.05, 0) is 18.9 Å². The van der Waals surface area contributed by atoms with Gasteiger partial charge in [0.1, 0.15) is 0 Å². The van der Waals surface area contributed by atoms with Crippen LogP contribution in [0.4, 0.5) is 0 Å². The maximum atomic E-state index is 11.8. The number of aryl methyl sites for hydroxylation is 1. The molecule has 1 aromatic heterocycles. The second kappa shape index (κ2) is 4.51. The van der Waals surface area contributed by atoms with Gasteiger partial charge in [0.2, 0.25) is 5.56 Å². The van der Waals surface area contributed by atoms with Crippen LogP contribution in [0.15, 0.2) is 23.1 Å². The minimum Gasteiger partial charge on any atom is -0.349 e. The molecule has 0 radical (unpaired) electrons. The van der Waals surface area contributed by atoms with Crippen molar-refractivity contribution in [2.24, 2.45) is 7.05 Å². The Hall–Kier alpha value is -1.58. The van der Waals surface area contributed by atoms with E-state index in [9.17, 15) is 9.59 Å². The van der Waals surface area contributed by atoms with Crippen molar-refractivity contribution in [2.45, 2.75) is 31.7 Å². The van der Waals surface area contributed by atoms with Gasteiger partial charge in [0.25, 0.3) is 5.91 Å². The number of nitrogens with one attached hydrogen (secondary N) is 1. The third-order valence-electron chi connectivity index (χ3n) is 3.04. The first-order valence-corrected chi connectivity index (χ1v) is 5.64. The van der Waals surface area contributed by atoms with E-state index in [0.717, 1.165) is 12.8 Å². The van der Waals surface area contributed by atoms with E-state index in [1.54, 1.807) is 19.3 Å². The Labute approximate surface area is 94.3 Å². The minimum atomic E-state index is -0.0996. The first-order chi connectivity index (χ1) is 7.66. The van der Waals surface area contributed by atoms with E-state index in [4.69, 9.17) is 0 Å². The average Bonchev–Trinajstić information content (AvgIpc) is 2.74. The van der Waals surface area contributed by atoms with Crippen LogP contribution in [0.3, 0.4) is 0 Å². The number of hydrogen-bond donors (Lipinski definition) is 1. The third-order valence-corrected chi connectivity index (χ3v) is 3.04. The molecule has 0 bridgehead atoms. The number of amides is 1. The van der Waals surface area contributed by atoms with E-state index in [0.29, 0.717) is 11.6 Å². The van der Waals surface area contributed by atoms with Gasteiger partial charge in [0, 0.05) is 25.4 Å². The third kappa shape index (κ3) is 2.32. The number of carbonyl (C=O) groups is 1. The van der Waals surface area contributed by atoms with Crippen molar-refractivity contribution < 1.29 is 4.79 Å². The second-order valence-corrected chi connectivity index (χ2v) is 4.32. The van der Waals surface area contributed by atoms with Crippen molar-refractivity contribution >= 4 is 5.91 Å². The highest BCUT2D eigenvalue weighted by molar-refractivity contribution is 5.94. The monoisotopic (exact) mass is 220 g/mol. The van der Waals surface area contributed by atoms with Crippen LogP contribution in [0.2, 0.25) is 0 Å². The summed E-state index contributed by atoms with van der Waals surface area (Å²) in [6, 6.07) is 3.31. The maximum absolute atomic E-state index is 11.8. The number of aromatic nitrogens is 1. The molecule has 1 aliphatic carbocycles. The summed E-state index contributed by atoms with van der Waals surface area (Å²) in [4.78, 5) is 23.0. The first kappa shape index (κ1) is 10.9. The first-order valence-electron chi connectivity index (χ1n) is 5.64. The molecule has 0 aliphatic heterocycles. The van der Waals surface area contributed by atoms with Gasteiger partial charge in [0.05, 0.1) is 5.56 Å². The van der Waals surface area contributed by atoms with Crippen molar-refractivity contribution in [3.8, 4) is 0 Å². The number of nitrogens with zero attached hydrogens (tertiary/aromatic N) is 1. The molecule has 1 aliphatic rings. The Morgan fingerprint density at radius 1 is 1.38 bits per heavy atom. The Morgan fingerprint density at radius 2 is 2.06 bits per heavy atom. The van der Waals surface area contributed by atoms with Gasteiger partial charge in [0.15, 0.2) is 0 Å². The summed E-state index contributed by atoms with van der Waals surface area (Å²) in [5.41, 5.74) is 0.450. The summed E-state index contributed by atoms with van der Waals surface area (Å²) in [5.74, 6) is -0.0810. The molecule has 0 spiro atoms. The van der Waals surface area contributed by atoms with Crippen LogP contribution in [0, 0.1) is 0 Å². The van der Waals surface area contributed by atoms with Crippen LogP contribution < -0.4 is 10.9 Å². The van der Waals surface area contributed by atoms with E-state index in [-0.39, 0.29) is 11.5 Å². The Kier molecular flexibility index (Phi) is 3.08.